The van der Waals surface area contributed by atoms with E-state index in [0.29, 0.717) is 30.6 Å². The topological polar surface area (TPSA) is 37.3 Å². The minimum absolute atomic E-state index is 0.0242. The van der Waals surface area contributed by atoms with Gasteiger partial charge < -0.3 is 5.11 Å². The van der Waals surface area contributed by atoms with Gasteiger partial charge in [0.25, 0.3) is 0 Å². The van der Waals surface area contributed by atoms with Gasteiger partial charge in [-0.1, -0.05) is 43.9 Å². The summed E-state index contributed by atoms with van der Waals surface area (Å²) in [6.45, 7) is 6.80. The van der Waals surface area contributed by atoms with Crippen LogP contribution in [0.25, 0.3) is 0 Å². The summed E-state index contributed by atoms with van der Waals surface area (Å²) in [5.41, 5.74) is 1.67. The summed E-state index contributed by atoms with van der Waals surface area (Å²) >= 11 is 5.68. The van der Waals surface area contributed by atoms with Crippen LogP contribution < -0.4 is 0 Å². The molecule has 0 unspecified atom stereocenters. The van der Waals surface area contributed by atoms with Crippen molar-refractivity contribution in [3.05, 3.63) is 23.3 Å². The normalized spacial score (nSPS) is 48.4. The third-order valence-electron chi connectivity index (χ3n) is 8.07. The molecule has 2 saturated carbocycles. The molecule has 0 amide bonds. The maximum atomic E-state index is 12.0. The quantitative estimate of drug-likeness (QED) is 0.507. The van der Waals surface area contributed by atoms with Crippen LogP contribution in [0, 0.1) is 39.9 Å². The fourth-order valence-corrected chi connectivity index (χ4v) is 6.72. The van der Waals surface area contributed by atoms with Crippen LogP contribution in [0.5, 0.6) is 0 Å². The van der Waals surface area contributed by atoms with Gasteiger partial charge in [-0.15, -0.1) is 0 Å². The van der Waals surface area contributed by atoms with Crippen LogP contribution in [0.4, 0.5) is 0 Å². The number of fused-ring (bicyclic) bond motifs is 5. The molecule has 0 aromatic heterocycles. The highest BCUT2D eigenvalue weighted by Crippen LogP contribution is 2.66. The van der Waals surface area contributed by atoms with E-state index in [2.05, 4.69) is 38.1 Å². The Balaban J connectivity index is 1.80. The maximum absolute atomic E-state index is 12.0. The molecule has 3 heteroatoms. The second-order valence-corrected chi connectivity index (χ2v) is 9.34. The van der Waals surface area contributed by atoms with Gasteiger partial charge in [0.2, 0.25) is 0 Å². The van der Waals surface area contributed by atoms with E-state index in [9.17, 15) is 9.90 Å². The van der Waals surface area contributed by atoms with Crippen LogP contribution >= 0.6 is 11.6 Å². The van der Waals surface area contributed by atoms with Gasteiger partial charge in [0, 0.05) is 22.6 Å². The third-order valence-corrected chi connectivity index (χ3v) is 8.16. The number of rotatable bonds is 0. The van der Waals surface area contributed by atoms with Crippen LogP contribution in [-0.4, -0.2) is 16.5 Å². The van der Waals surface area contributed by atoms with Gasteiger partial charge in [-0.3, -0.25) is 4.79 Å². The minimum Gasteiger partial charge on any atom is -0.377 e. The highest BCUT2D eigenvalue weighted by Gasteiger charge is 2.62. The van der Waals surface area contributed by atoms with Gasteiger partial charge >= 0.3 is 0 Å². The molecule has 0 heterocycles. The van der Waals surface area contributed by atoms with Crippen molar-refractivity contribution < 1.29 is 9.90 Å². The van der Waals surface area contributed by atoms with Crippen LogP contribution in [0.15, 0.2) is 23.3 Å². The molecule has 6 atom stereocenters. The maximum Gasteiger partial charge on any atom is 0.155 e. The van der Waals surface area contributed by atoms with Gasteiger partial charge in [-0.05, 0) is 67.5 Å². The molecule has 2 nitrogen and oxygen atoms in total. The molecule has 0 radical (unpaired) electrons. The first-order valence-electron chi connectivity index (χ1n) is 9.56. The molecule has 1 N–H and O–H groups in total. The van der Waals surface area contributed by atoms with Crippen molar-refractivity contribution in [1.82, 2.24) is 0 Å². The van der Waals surface area contributed by atoms with Crippen molar-refractivity contribution in [2.75, 3.05) is 0 Å². The van der Waals surface area contributed by atoms with E-state index in [0.717, 1.165) is 25.7 Å². The molecule has 0 bridgehead atoms. The Hall–Kier alpha value is -1.04. The van der Waals surface area contributed by atoms with Crippen LogP contribution in [0.1, 0.15) is 59.3 Å². The van der Waals surface area contributed by atoms with Gasteiger partial charge in [-0.2, -0.15) is 0 Å². The third kappa shape index (κ3) is 2.18. The number of halogens is 1. The summed E-state index contributed by atoms with van der Waals surface area (Å²) in [7, 11) is 0. The number of carbonyl (C=O) groups excluding carboxylic acids is 1. The lowest BCUT2D eigenvalue weighted by Gasteiger charge is -2.55. The van der Waals surface area contributed by atoms with Gasteiger partial charge in [0.1, 0.15) is 5.60 Å². The Kier molecular flexibility index (Phi) is 3.81. The molecular weight excluding hydrogens is 332 g/mol. The van der Waals surface area contributed by atoms with E-state index in [1.165, 1.54) is 11.1 Å². The monoisotopic (exact) mass is 358 g/mol. The van der Waals surface area contributed by atoms with E-state index in [4.69, 9.17) is 11.6 Å². The fourth-order valence-electron chi connectivity index (χ4n) is 6.57. The van der Waals surface area contributed by atoms with Gasteiger partial charge in [0.05, 0.1) is 0 Å². The van der Waals surface area contributed by atoms with E-state index < -0.39 is 5.60 Å². The van der Waals surface area contributed by atoms with Crippen LogP contribution in [0.3, 0.4) is 0 Å². The predicted molar refractivity (Wildman–Crippen MR) is 99.8 cm³/mol. The smallest absolute Gasteiger partial charge is 0.155 e. The summed E-state index contributed by atoms with van der Waals surface area (Å²) in [4.78, 5) is 12.0. The predicted octanol–water partition coefficient (Wildman–Crippen LogP) is 4.62. The lowest BCUT2D eigenvalue weighted by molar-refractivity contribution is -0.115. The molecule has 2 fully saturated rings. The molecule has 0 spiro atoms. The fraction of sp³-hybridized carbons (Fsp3) is 0.682. The van der Waals surface area contributed by atoms with Crippen molar-refractivity contribution in [1.29, 1.82) is 0 Å². The van der Waals surface area contributed by atoms with E-state index in [-0.39, 0.29) is 16.6 Å². The standard InChI is InChI=1S/C22H27ClO2/c1-14-12-16-17(20(2)7-4-15(24)13-19(14)20)5-8-21(3)18(16)6-9-22(21,25)10-11-23/h5,13-14,16,18,25H,4,6-9,12H2,1-3H3/t14-,16+,18-,20+,21-,22+/m0/s1. The first-order chi connectivity index (χ1) is 11.7. The summed E-state index contributed by atoms with van der Waals surface area (Å²) < 4.78 is 0. The number of carbonyl (C=O) groups is 1. The van der Waals surface area contributed by atoms with Crippen molar-refractivity contribution >= 4 is 17.4 Å². The van der Waals surface area contributed by atoms with Crippen LogP contribution in [0.2, 0.25) is 0 Å². The zero-order valence-corrected chi connectivity index (χ0v) is 16.1. The zero-order valence-electron chi connectivity index (χ0n) is 15.4. The molecular formula is C22H27ClO2. The van der Waals surface area contributed by atoms with E-state index >= 15 is 0 Å². The number of aliphatic hydroxyl groups is 1. The van der Waals surface area contributed by atoms with E-state index in [1.807, 2.05) is 6.08 Å². The number of allylic oxidation sites excluding steroid dienone is 4. The molecule has 25 heavy (non-hydrogen) atoms. The number of hydrogen-bond acceptors (Lipinski definition) is 2. The summed E-state index contributed by atoms with van der Waals surface area (Å²) in [6, 6.07) is 0. The average Bonchev–Trinajstić information content (AvgIpc) is 2.82. The highest BCUT2D eigenvalue weighted by atomic mass is 35.5. The van der Waals surface area contributed by atoms with E-state index in [1.54, 1.807) is 0 Å². The Morgan fingerprint density at radius 1 is 1.28 bits per heavy atom. The lowest BCUT2D eigenvalue weighted by Crippen LogP contribution is -2.51. The molecule has 0 saturated heterocycles. The molecule has 134 valence electrons. The second-order valence-electron chi connectivity index (χ2n) is 9.15. The zero-order chi connectivity index (χ0) is 18.0. The molecule has 4 aliphatic rings. The number of hydrogen-bond donors (Lipinski definition) is 1. The Morgan fingerprint density at radius 2 is 2.04 bits per heavy atom. The molecule has 0 aromatic rings. The lowest BCUT2D eigenvalue weighted by atomic mass is 9.49. The number of ketones is 1. The average molecular weight is 359 g/mol. The molecule has 4 aliphatic carbocycles. The Labute approximate surface area is 155 Å². The van der Waals surface area contributed by atoms with Crippen molar-refractivity contribution in [2.45, 2.75) is 64.9 Å². The first kappa shape index (κ1) is 17.4. The van der Waals surface area contributed by atoms with Gasteiger partial charge in [-0.25, -0.2) is 0 Å². The van der Waals surface area contributed by atoms with Crippen molar-refractivity contribution in [3.8, 4) is 11.3 Å². The van der Waals surface area contributed by atoms with Crippen molar-refractivity contribution in [3.63, 3.8) is 0 Å². The highest BCUT2D eigenvalue weighted by molar-refractivity contribution is 6.30. The second kappa shape index (κ2) is 5.48. The largest absolute Gasteiger partial charge is 0.377 e. The summed E-state index contributed by atoms with van der Waals surface area (Å²) in [5.74, 6) is 4.55. The SMILES string of the molecule is C[C@H]1C[C@@H]2C(=CC[C@@]3(C)[C@H]2CC[C@@]3(O)C#CCl)[C@@]2(C)CCC(=O)C=C12. The summed E-state index contributed by atoms with van der Waals surface area (Å²) in [5, 5.41) is 13.6. The van der Waals surface area contributed by atoms with Crippen molar-refractivity contribution in [2.24, 2.45) is 28.6 Å². The molecule has 0 aliphatic heterocycles. The molecule has 0 aromatic carbocycles. The van der Waals surface area contributed by atoms with Crippen LogP contribution in [-0.2, 0) is 4.79 Å². The first-order valence-corrected chi connectivity index (χ1v) is 9.93. The minimum atomic E-state index is -0.982. The molecule has 4 rings (SSSR count). The Morgan fingerprint density at radius 3 is 2.76 bits per heavy atom. The summed E-state index contributed by atoms with van der Waals surface area (Å²) in [6.07, 6.45) is 9.52. The Bertz CT molecular complexity index is 754. The van der Waals surface area contributed by atoms with Gasteiger partial charge in [0.15, 0.2) is 5.78 Å².